The molecule has 0 heterocycles. The Hall–Kier alpha value is -2.13. The number of hydrogen-bond acceptors (Lipinski definition) is 2. The zero-order chi connectivity index (χ0) is 13.0. The number of carbonyl (C=O) groups excluding carboxylic acids is 2. The van der Waals surface area contributed by atoms with Crippen LogP contribution in [0.1, 0.15) is 20.7 Å². The molecule has 0 radical (unpaired) electrons. The molecule has 0 spiro atoms. The van der Waals surface area contributed by atoms with Gasteiger partial charge >= 0.3 is 0 Å². The maximum absolute atomic E-state index is 11.9. The lowest BCUT2D eigenvalue weighted by Gasteiger charge is -2.07. The normalized spacial score (nSPS) is 9.83. The van der Waals surface area contributed by atoms with Crippen molar-refractivity contribution in [2.45, 2.75) is 0 Å². The van der Waals surface area contributed by atoms with E-state index in [-0.39, 0.29) is 5.91 Å². The average molecular weight is 260 g/mol. The molecule has 0 aromatic heterocycles. The first-order chi connectivity index (χ1) is 8.70. The highest BCUT2D eigenvalue weighted by molar-refractivity contribution is 6.30. The molecule has 0 aliphatic rings. The highest BCUT2D eigenvalue weighted by Gasteiger charge is 2.08. The van der Waals surface area contributed by atoms with Gasteiger partial charge in [-0.05, 0) is 36.4 Å². The fourth-order valence-electron chi connectivity index (χ4n) is 1.51. The lowest BCUT2D eigenvalue weighted by atomic mass is 10.1. The number of amides is 1. The van der Waals surface area contributed by atoms with E-state index in [4.69, 9.17) is 11.6 Å². The van der Waals surface area contributed by atoms with Gasteiger partial charge in [-0.1, -0.05) is 23.7 Å². The monoisotopic (exact) mass is 259 g/mol. The minimum Gasteiger partial charge on any atom is -0.321 e. The van der Waals surface area contributed by atoms with Crippen LogP contribution in [0.3, 0.4) is 0 Å². The van der Waals surface area contributed by atoms with E-state index >= 15 is 0 Å². The predicted octanol–water partition coefficient (Wildman–Crippen LogP) is 3.40. The fraction of sp³-hybridized carbons (Fsp3) is 0. The van der Waals surface area contributed by atoms with E-state index in [0.717, 1.165) is 0 Å². The Labute approximate surface area is 109 Å². The number of benzene rings is 2. The number of para-hydroxylation sites is 1. The Morgan fingerprint density at radius 2 is 1.72 bits per heavy atom. The summed E-state index contributed by atoms with van der Waals surface area (Å²) in [4.78, 5) is 22.7. The summed E-state index contributed by atoms with van der Waals surface area (Å²) in [6.07, 6.45) is 0.706. The van der Waals surface area contributed by atoms with E-state index in [2.05, 4.69) is 5.32 Å². The van der Waals surface area contributed by atoms with Crippen molar-refractivity contribution in [3.05, 3.63) is 64.7 Å². The summed E-state index contributed by atoms with van der Waals surface area (Å²) in [6, 6.07) is 13.3. The Balaban J connectivity index is 2.21. The third-order valence-corrected chi connectivity index (χ3v) is 2.69. The molecule has 18 heavy (non-hydrogen) atoms. The van der Waals surface area contributed by atoms with Crippen LogP contribution < -0.4 is 5.32 Å². The van der Waals surface area contributed by atoms with Crippen LogP contribution in [0.15, 0.2) is 48.5 Å². The number of hydrogen-bond donors (Lipinski definition) is 1. The van der Waals surface area contributed by atoms with Gasteiger partial charge in [-0.15, -0.1) is 0 Å². The highest BCUT2D eigenvalue weighted by Crippen LogP contribution is 2.15. The summed E-state index contributed by atoms with van der Waals surface area (Å²) < 4.78 is 0. The number of carbonyl (C=O) groups is 2. The minimum atomic E-state index is -0.277. The third-order valence-electron chi connectivity index (χ3n) is 2.44. The molecule has 0 saturated heterocycles. The van der Waals surface area contributed by atoms with Gasteiger partial charge in [0.2, 0.25) is 0 Å². The van der Waals surface area contributed by atoms with Crippen LogP contribution in [0.5, 0.6) is 0 Å². The van der Waals surface area contributed by atoms with Crippen LogP contribution in [0.2, 0.25) is 5.02 Å². The van der Waals surface area contributed by atoms with E-state index in [1.807, 2.05) is 0 Å². The van der Waals surface area contributed by atoms with Gasteiger partial charge in [-0.25, -0.2) is 0 Å². The smallest absolute Gasteiger partial charge is 0.255 e. The van der Waals surface area contributed by atoms with Crippen LogP contribution in [-0.4, -0.2) is 12.2 Å². The molecular formula is C14H10ClNO2. The quantitative estimate of drug-likeness (QED) is 0.859. The van der Waals surface area contributed by atoms with E-state index in [0.29, 0.717) is 28.1 Å². The number of anilines is 1. The van der Waals surface area contributed by atoms with Crippen LogP contribution in [0, 0.1) is 0 Å². The molecule has 0 aliphatic heterocycles. The largest absolute Gasteiger partial charge is 0.321 e. The Morgan fingerprint density at radius 1 is 1.06 bits per heavy atom. The van der Waals surface area contributed by atoms with E-state index in [1.54, 1.807) is 48.5 Å². The van der Waals surface area contributed by atoms with E-state index < -0.39 is 0 Å². The van der Waals surface area contributed by atoms with Crippen molar-refractivity contribution in [3.63, 3.8) is 0 Å². The molecule has 0 bridgehead atoms. The molecule has 0 atom stereocenters. The van der Waals surface area contributed by atoms with Crippen molar-refractivity contribution in [1.29, 1.82) is 0 Å². The first kappa shape index (κ1) is 12.3. The summed E-state index contributed by atoms with van der Waals surface area (Å²) in [7, 11) is 0. The first-order valence-electron chi connectivity index (χ1n) is 5.32. The summed E-state index contributed by atoms with van der Waals surface area (Å²) in [5, 5.41) is 3.25. The molecule has 4 heteroatoms. The van der Waals surface area contributed by atoms with Crippen LogP contribution >= 0.6 is 11.6 Å². The molecule has 3 nitrogen and oxygen atoms in total. The Morgan fingerprint density at radius 3 is 2.39 bits per heavy atom. The first-order valence-corrected chi connectivity index (χ1v) is 5.69. The lowest BCUT2D eigenvalue weighted by molar-refractivity contribution is 0.102. The van der Waals surface area contributed by atoms with Crippen LogP contribution in [0.4, 0.5) is 5.69 Å². The van der Waals surface area contributed by atoms with Gasteiger partial charge in [-0.2, -0.15) is 0 Å². The second kappa shape index (κ2) is 5.47. The van der Waals surface area contributed by atoms with Gasteiger partial charge < -0.3 is 5.32 Å². The highest BCUT2D eigenvalue weighted by atomic mass is 35.5. The van der Waals surface area contributed by atoms with Gasteiger partial charge in [0.1, 0.15) is 0 Å². The van der Waals surface area contributed by atoms with Gasteiger partial charge in [-0.3, -0.25) is 9.59 Å². The van der Waals surface area contributed by atoms with E-state index in [9.17, 15) is 9.59 Å². The maximum atomic E-state index is 11.9. The van der Waals surface area contributed by atoms with E-state index in [1.165, 1.54) is 0 Å². The average Bonchev–Trinajstić information content (AvgIpc) is 2.40. The number of nitrogens with one attached hydrogen (secondary N) is 1. The van der Waals surface area contributed by atoms with Gasteiger partial charge in [0.05, 0.1) is 5.69 Å². The van der Waals surface area contributed by atoms with Gasteiger partial charge in [0, 0.05) is 16.1 Å². The topological polar surface area (TPSA) is 46.2 Å². The molecule has 0 unspecified atom stereocenters. The zero-order valence-corrected chi connectivity index (χ0v) is 10.1. The van der Waals surface area contributed by atoms with Crippen LogP contribution in [0.25, 0.3) is 0 Å². The third kappa shape index (κ3) is 2.76. The molecule has 0 fully saturated rings. The fourth-order valence-corrected chi connectivity index (χ4v) is 1.64. The summed E-state index contributed by atoms with van der Waals surface area (Å²) >= 11 is 5.75. The summed E-state index contributed by atoms with van der Waals surface area (Å²) in [5.74, 6) is -0.277. The Bertz CT molecular complexity index is 579. The lowest BCUT2D eigenvalue weighted by Crippen LogP contribution is -2.12. The molecule has 2 rings (SSSR count). The number of halogens is 1. The number of aldehydes is 1. The molecule has 2 aromatic carbocycles. The van der Waals surface area contributed by atoms with Gasteiger partial charge in [0.15, 0.2) is 6.29 Å². The molecular weight excluding hydrogens is 250 g/mol. The predicted molar refractivity (Wildman–Crippen MR) is 71.2 cm³/mol. The molecule has 90 valence electrons. The zero-order valence-electron chi connectivity index (χ0n) is 9.39. The van der Waals surface area contributed by atoms with Crippen molar-refractivity contribution in [1.82, 2.24) is 0 Å². The van der Waals surface area contributed by atoms with Crippen molar-refractivity contribution >= 4 is 29.5 Å². The minimum absolute atomic E-state index is 0.277. The van der Waals surface area contributed by atoms with Crippen molar-refractivity contribution < 1.29 is 9.59 Å². The standard InChI is InChI=1S/C14H10ClNO2/c15-12-7-5-10(6-8-12)14(18)16-13-4-2-1-3-11(13)9-17/h1-9H,(H,16,18). The number of rotatable bonds is 3. The maximum Gasteiger partial charge on any atom is 0.255 e. The molecule has 0 saturated carbocycles. The van der Waals surface area contributed by atoms with Crippen molar-refractivity contribution in [2.75, 3.05) is 5.32 Å². The van der Waals surface area contributed by atoms with Crippen molar-refractivity contribution in [2.24, 2.45) is 0 Å². The summed E-state index contributed by atoms with van der Waals surface area (Å²) in [5.41, 5.74) is 1.42. The second-order valence-corrected chi connectivity index (χ2v) is 4.10. The molecule has 1 amide bonds. The molecule has 1 N–H and O–H groups in total. The second-order valence-electron chi connectivity index (χ2n) is 3.67. The SMILES string of the molecule is O=Cc1ccccc1NC(=O)c1ccc(Cl)cc1. The molecule has 0 aliphatic carbocycles. The molecule has 2 aromatic rings. The summed E-state index contributed by atoms with van der Waals surface area (Å²) in [6.45, 7) is 0. The van der Waals surface area contributed by atoms with Crippen molar-refractivity contribution in [3.8, 4) is 0 Å². The van der Waals surface area contributed by atoms with Crippen LogP contribution in [-0.2, 0) is 0 Å². The van der Waals surface area contributed by atoms with Gasteiger partial charge in [0.25, 0.3) is 5.91 Å². The Kier molecular flexibility index (Phi) is 3.75.